The van der Waals surface area contributed by atoms with Crippen molar-refractivity contribution in [3.05, 3.63) is 39.9 Å². The molecular formula is C21H22FN3O7. The van der Waals surface area contributed by atoms with E-state index in [0.29, 0.717) is 0 Å². The third kappa shape index (κ3) is 2.55. The molecule has 1 aromatic carbocycles. The van der Waals surface area contributed by atoms with Crippen molar-refractivity contribution in [2.45, 2.75) is 24.5 Å². The average Bonchev–Trinajstić information content (AvgIpc) is 2.68. The molecular weight excluding hydrogens is 425 g/mol. The number of hydrogen-bond donors (Lipinski definition) is 6. The maximum Gasteiger partial charge on any atom is 0.255 e. The number of phenolic OH excluding ortho intramolecular Hbond substituents is 1. The molecule has 32 heavy (non-hydrogen) atoms. The number of primary amides is 1. The average molecular weight is 447 g/mol. The highest BCUT2D eigenvalue weighted by Crippen LogP contribution is 2.53. The first-order valence-electron chi connectivity index (χ1n) is 9.78. The summed E-state index contributed by atoms with van der Waals surface area (Å²) in [4.78, 5) is 39.7. The van der Waals surface area contributed by atoms with E-state index in [1.54, 1.807) is 0 Å². The molecule has 0 aromatic heterocycles. The van der Waals surface area contributed by atoms with Crippen LogP contribution in [0, 0.1) is 17.7 Å². The van der Waals surface area contributed by atoms with E-state index in [2.05, 4.69) is 0 Å². The Morgan fingerprint density at radius 2 is 1.88 bits per heavy atom. The maximum atomic E-state index is 14.6. The van der Waals surface area contributed by atoms with Crippen LogP contribution in [0.1, 0.15) is 17.5 Å². The van der Waals surface area contributed by atoms with Crippen molar-refractivity contribution in [1.29, 1.82) is 0 Å². The molecule has 1 saturated carbocycles. The van der Waals surface area contributed by atoms with E-state index in [9.17, 15) is 39.2 Å². The van der Waals surface area contributed by atoms with Crippen molar-refractivity contribution in [3.63, 3.8) is 0 Å². The minimum absolute atomic E-state index is 0.0673. The Balaban J connectivity index is 2.00. The highest BCUT2D eigenvalue weighted by atomic mass is 19.1. The number of likely N-dealkylation sites (N-methyl/N-ethyl adjacent to an activating group) is 1. The molecule has 0 saturated heterocycles. The fourth-order valence-electron chi connectivity index (χ4n) is 5.29. The fraction of sp³-hybridized carbons (Fsp3) is 0.381. The number of phenols is 1. The standard InChI is InChI=1S/C21H22FN3O7/c1-25(2)14-8-4-6-3-7-9(22)5-10(23)15(26)12(7)16(27)11(6)18(29)21(8,32)19(30)13(17(14)28)20(24)31/h5-6,8,14,26-27,30,32H,3-4,23H2,1-2H3,(H2,24,31)/t6-,8-,14+,21-/m0/s1. The number of rotatable bonds is 2. The van der Waals surface area contributed by atoms with E-state index in [0.717, 1.165) is 6.07 Å². The van der Waals surface area contributed by atoms with Crippen LogP contribution in [0.5, 0.6) is 5.75 Å². The number of carbonyl (C=O) groups excluding carboxylic acids is 3. The van der Waals surface area contributed by atoms with Crippen LogP contribution >= 0.6 is 0 Å². The molecule has 170 valence electrons. The maximum absolute atomic E-state index is 14.6. The number of hydrogen-bond acceptors (Lipinski definition) is 9. The number of fused-ring (bicyclic) bond motifs is 3. The first kappa shape index (κ1) is 21.8. The second-order valence-corrected chi connectivity index (χ2v) is 8.61. The monoisotopic (exact) mass is 447 g/mol. The Kier molecular flexibility index (Phi) is 4.61. The van der Waals surface area contributed by atoms with Gasteiger partial charge in [-0.1, -0.05) is 0 Å². The van der Waals surface area contributed by atoms with Gasteiger partial charge in [0.25, 0.3) is 5.91 Å². The van der Waals surface area contributed by atoms with E-state index in [-0.39, 0.29) is 35.2 Å². The Hall–Kier alpha value is -3.44. The van der Waals surface area contributed by atoms with Gasteiger partial charge in [0.2, 0.25) is 5.78 Å². The molecule has 11 heteroatoms. The molecule has 3 aliphatic carbocycles. The molecule has 4 rings (SSSR count). The molecule has 0 spiro atoms. The summed E-state index contributed by atoms with van der Waals surface area (Å²) >= 11 is 0. The summed E-state index contributed by atoms with van der Waals surface area (Å²) < 4.78 is 14.6. The molecule has 0 radical (unpaired) electrons. The first-order chi connectivity index (χ1) is 14.8. The van der Waals surface area contributed by atoms with Crippen LogP contribution in [0.3, 0.4) is 0 Å². The molecule has 0 unspecified atom stereocenters. The number of amides is 1. The number of halogens is 1. The Morgan fingerprint density at radius 3 is 2.44 bits per heavy atom. The van der Waals surface area contributed by atoms with Crippen molar-refractivity contribution in [2.75, 3.05) is 19.8 Å². The second kappa shape index (κ2) is 6.78. The van der Waals surface area contributed by atoms with Crippen LogP contribution in [0.2, 0.25) is 0 Å². The molecule has 1 amide bonds. The zero-order valence-electron chi connectivity index (χ0n) is 17.2. The lowest BCUT2D eigenvalue weighted by Crippen LogP contribution is -2.65. The van der Waals surface area contributed by atoms with Gasteiger partial charge in [0, 0.05) is 23.1 Å². The fourth-order valence-corrected chi connectivity index (χ4v) is 5.29. The summed E-state index contributed by atoms with van der Waals surface area (Å²) in [5, 5.41) is 43.2. The lowest BCUT2D eigenvalue weighted by Gasteiger charge is -2.50. The number of Topliss-reactive ketones (excluding diaryl/α,β-unsaturated/α-hetero) is 2. The Bertz CT molecular complexity index is 1170. The first-order valence-corrected chi connectivity index (χ1v) is 9.78. The van der Waals surface area contributed by atoms with E-state index in [1.807, 2.05) is 0 Å². The minimum Gasteiger partial charge on any atom is -0.508 e. The van der Waals surface area contributed by atoms with E-state index < -0.39 is 69.6 Å². The molecule has 0 bridgehead atoms. The molecule has 1 fully saturated rings. The number of aromatic hydroxyl groups is 1. The molecule has 1 aromatic rings. The third-order valence-corrected chi connectivity index (χ3v) is 6.70. The van der Waals surface area contributed by atoms with Gasteiger partial charge in [0.15, 0.2) is 11.4 Å². The predicted molar refractivity (Wildman–Crippen MR) is 109 cm³/mol. The molecule has 3 aliphatic rings. The van der Waals surface area contributed by atoms with E-state index in [1.165, 1.54) is 19.0 Å². The van der Waals surface area contributed by atoms with Crippen LogP contribution in [-0.4, -0.2) is 68.5 Å². The lowest BCUT2D eigenvalue weighted by molar-refractivity contribution is -0.153. The van der Waals surface area contributed by atoms with Gasteiger partial charge in [-0.2, -0.15) is 0 Å². The topological polar surface area (TPSA) is 187 Å². The van der Waals surface area contributed by atoms with Gasteiger partial charge in [0.05, 0.1) is 17.3 Å². The molecule has 8 N–H and O–H groups in total. The van der Waals surface area contributed by atoms with Gasteiger partial charge in [-0.15, -0.1) is 0 Å². The number of ketones is 2. The Labute approximate surface area is 181 Å². The van der Waals surface area contributed by atoms with Crippen molar-refractivity contribution < 1.29 is 39.2 Å². The van der Waals surface area contributed by atoms with Crippen molar-refractivity contribution in [1.82, 2.24) is 4.90 Å². The van der Waals surface area contributed by atoms with Gasteiger partial charge in [-0.25, -0.2) is 4.39 Å². The highest BCUT2D eigenvalue weighted by Gasteiger charge is 2.64. The largest absolute Gasteiger partial charge is 0.508 e. The number of nitrogens with two attached hydrogens (primary N) is 2. The number of benzene rings is 1. The number of anilines is 1. The van der Waals surface area contributed by atoms with Crippen LogP contribution in [-0.2, 0) is 20.8 Å². The normalized spacial score (nSPS) is 29.7. The van der Waals surface area contributed by atoms with Crippen LogP contribution in [0.15, 0.2) is 23.0 Å². The van der Waals surface area contributed by atoms with Gasteiger partial charge in [-0.05, 0) is 32.9 Å². The van der Waals surface area contributed by atoms with E-state index in [4.69, 9.17) is 11.5 Å². The molecule has 10 nitrogen and oxygen atoms in total. The number of nitrogen functional groups attached to an aromatic ring is 1. The summed E-state index contributed by atoms with van der Waals surface area (Å²) in [5.74, 6) is -8.79. The molecule has 4 atom stereocenters. The van der Waals surface area contributed by atoms with Crippen molar-refractivity contribution >= 4 is 28.9 Å². The number of aliphatic hydroxyl groups is 3. The Morgan fingerprint density at radius 1 is 1.25 bits per heavy atom. The SMILES string of the molecule is CN(C)[C@H]1C(=O)C(C(N)=O)=C(O)[C@@]2(O)C(=O)C3=C(O)c4c(O)c(N)cc(F)c4C[C@H]3C[C@@H]12. The summed E-state index contributed by atoms with van der Waals surface area (Å²) in [5.41, 5.74) is 6.02. The summed E-state index contributed by atoms with van der Waals surface area (Å²) in [6, 6.07) is -0.300. The van der Waals surface area contributed by atoms with Gasteiger partial charge >= 0.3 is 0 Å². The zero-order valence-corrected chi connectivity index (χ0v) is 17.2. The van der Waals surface area contributed by atoms with Gasteiger partial charge in [0.1, 0.15) is 28.7 Å². The van der Waals surface area contributed by atoms with Crippen LogP contribution in [0.4, 0.5) is 10.1 Å². The van der Waals surface area contributed by atoms with Crippen LogP contribution < -0.4 is 11.5 Å². The smallest absolute Gasteiger partial charge is 0.255 e. The quantitative estimate of drug-likeness (QED) is 0.201. The van der Waals surface area contributed by atoms with Crippen LogP contribution in [0.25, 0.3) is 5.76 Å². The number of nitrogens with zero attached hydrogens (tertiary/aromatic N) is 1. The van der Waals surface area contributed by atoms with Crippen molar-refractivity contribution in [2.24, 2.45) is 17.6 Å². The van der Waals surface area contributed by atoms with Crippen molar-refractivity contribution in [3.8, 4) is 5.75 Å². The molecule has 0 heterocycles. The predicted octanol–water partition coefficient (Wildman–Crippen LogP) is -0.315. The second-order valence-electron chi connectivity index (χ2n) is 8.61. The summed E-state index contributed by atoms with van der Waals surface area (Å²) in [7, 11) is 2.99. The number of carbonyl (C=O) groups is 3. The molecule has 0 aliphatic heterocycles. The summed E-state index contributed by atoms with van der Waals surface area (Å²) in [6.07, 6.45) is -0.245. The minimum atomic E-state index is -2.74. The lowest BCUT2D eigenvalue weighted by atomic mass is 9.57. The highest BCUT2D eigenvalue weighted by molar-refractivity contribution is 6.24. The van der Waals surface area contributed by atoms with E-state index >= 15 is 0 Å². The third-order valence-electron chi connectivity index (χ3n) is 6.70. The van der Waals surface area contributed by atoms with Gasteiger partial charge in [-0.3, -0.25) is 19.3 Å². The zero-order chi connectivity index (χ0) is 23.9. The van der Waals surface area contributed by atoms with Gasteiger partial charge < -0.3 is 31.9 Å². The number of aliphatic hydroxyl groups excluding tert-OH is 2. The summed E-state index contributed by atoms with van der Waals surface area (Å²) in [6.45, 7) is 0.